The average Bonchev–Trinajstić information content (AvgIpc) is 2.15. The number of nitrogens with one attached hydrogen (secondary N) is 1. The summed E-state index contributed by atoms with van der Waals surface area (Å²) in [5, 5.41) is 10.8. The first-order valence-corrected chi connectivity index (χ1v) is 6.51. The van der Waals surface area contributed by atoms with Crippen LogP contribution in [0.3, 0.4) is 0 Å². The van der Waals surface area contributed by atoms with Crippen molar-refractivity contribution in [2.24, 2.45) is 0 Å². The second kappa shape index (κ2) is 4.91. The van der Waals surface area contributed by atoms with E-state index in [1.165, 1.54) is 12.1 Å². The molecule has 0 bridgehead atoms. The molecule has 1 aromatic rings. The second-order valence-corrected chi connectivity index (χ2v) is 5.50. The Morgan fingerprint density at radius 3 is 2.47 bits per heavy atom. The molecule has 1 amide bonds. The van der Waals surface area contributed by atoms with Crippen molar-refractivity contribution in [2.45, 2.75) is 0 Å². The molecule has 92 valence electrons. The summed E-state index contributed by atoms with van der Waals surface area (Å²) in [4.78, 5) is 25.4. The molecule has 0 fully saturated rings. The molecule has 0 aromatic carbocycles. The first-order chi connectivity index (χ1) is 7.78. The zero-order chi connectivity index (χ0) is 13.1. The lowest BCUT2D eigenvalue weighted by atomic mass is 10.3. The van der Waals surface area contributed by atoms with Gasteiger partial charge in [0.1, 0.15) is 11.6 Å². The van der Waals surface area contributed by atoms with E-state index in [2.05, 4.69) is 10.3 Å². The smallest absolute Gasteiger partial charge is 0.337 e. The standard InChI is InChI=1S/C9H10N2O5S/c1-17(15,16)5-8(12)11-7-3-2-6(4-10-7)9(13)14/h2-4H,5H2,1H3,(H,13,14)(H,10,11,12). The van der Waals surface area contributed by atoms with Gasteiger partial charge in [0, 0.05) is 12.5 Å². The fourth-order valence-corrected chi connectivity index (χ4v) is 1.56. The highest BCUT2D eigenvalue weighted by molar-refractivity contribution is 7.91. The molecule has 0 aliphatic rings. The van der Waals surface area contributed by atoms with E-state index in [-0.39, 0.29) is 11.4 Å². The second-order valence-electron chi connectivity index (χ2n) is 3.36. The molecule has 2 N–H and O–H groups in total. The van der Waals surface area contributed by atoms with Gasteiger partial charge in [-0.1, -0.05) is 0 Å². The van der Waals surface area contributed by atoms with Crippen LogP contribution < -0.4 is 5.32 Å². The Morgan fingerprint density at radius 1 is 1.41 bits per heavy atom. The lowest BCUT2D eigenvalue weighted by Gasteiger charge is -2.03. The molecule has 1 rings (SSSR count). The normalized spacial score (nSPS) is 10.9. The van der Waals surface area contributed by atoms with Crippen molar-refractivity contribution < 1.29 is 23.1 Å². The first-order valence-electron chi connectivity index (χ1n) is 4.45. The van der Waals surface area contributed by atoms with Crippen molar-refractivity contribution in [1.82, 2.24) is 4.98 Å². The van der Waals surface area contributed by atoms with Gasteiger partial charge in [-0.25, -0.2) is 18.2 Å². The van der Waals surface area contributed by atoms with E-state index in [9.17, 15) is 18.0 Å². The summed E-state index contributed by atoms with van der Waals surface area (Å²) in [6.45, 7) is 0. The molecule has 8 heteroatoms. The van der Waals surface area contributed by atoms with Gasteiger partial charge in [0.15, 0.2) is 9.84 Å². The van der Waals surface area contributed by atoms with Gasteiger partial charge >= 0.3 is 5.97 Å². The van der Waals surface area contributed by atoms with Gasteiger partial charge < -0.3 is 10.4 Å². The Balaban J connectivity index is 2.70. The number of aromatic carboxylic acids is 1. The van der Waals surface area contributed by atoms with Gasteiger partial charge in [0.2, 0.25) is 5.91 Å². The fraction of sp³-hybridized carbons (Fsp3) is 0.222. The number of amides is 1. The largest absolute Gasteiger partial charge is 0.478 e. The Hall–Kier alpha value is -1.96. The minimum Gasteiger partial charge on any atom is -0.478 e. The van der Waals surface area contributed by atoms with Crippen molar-refractivity contribution in [2.75, 3.05) is 17.3 Å². The minimum atomic E-state index is -3.40. The number of sulfone groups is 1. The average molecular weight is 258 g/mol. The molecule has 1 heterocycles. The third-order valence-corrected chi connectivity index (χ3v) is 2.46. The van der Waals surface area contributed by atoms with Gasteiger partial charge in [-0.15, -0.1) is 0 Å². The van der Waals surface area contributed by atoms with Crippen molar-refractivity contribution in [3.05, 3.63) is 23.9 Å². The number of nitrogens with zero attached hydrogens (tertiary/aromatic N) is 1. The summed E-state index contributed by atoms with van der Waals surface area (Å²) < 4.78 is 21.6. The molecule has 0 atom stereocenters. The van der Waals surface area contributed by atoms with Crippen LogP contribution in [-0.2, 0) is 14.6 Å². The highest BCUT2D eigenvalue weighted by Crippen LogP contribution is 2.05. The summed E-state index contributed by atoms with van der Waals surface area (Å²) in [5.74, 6) is -2.40. The number of carboxylic acids is 1. The van der Waals surface area contributed by atoms with Gasteiger partial charge in [-0.3, -0.25) is 4.79 Å². The van der Waals surface area contributed by atoms with E-state index in [0.717, 1.165) is 12.5 Å². The molecule has 0 saturated carbocycles. The number of carbonyl (C=O) groups is 2. The van der Waals surface area contributed by atoms with Crippen molar-refractivity contribution in [3.63, 3.8) is 0 Å². The molecule has 0 aliphatic carbocycles. The molecule has 17 heavy (non-hydrogen) atoms. The molecular formula is C9H10N2O5S. The molecular weight excluding hydrogens is 248 g/mol. The van der Waals surface area contributed by atoms with Crippen LogP contribution in [0.5, 0.6) is 0 Å². The zero-order valence-corrected chi connectivity index (χ0v) is 9.69. The van der Waals surface area contributed by atoms with Crippen molar-refractivity contribution in [1.29, 1.82) is 0 Å². The van der Waals surface area contributed by atoms with Crippen molar-refractivity contribution in [3.8, 4) is 0 Å². The van der Waals surface area contributed by atoms with Crippen molar-refractivity contribution >= 4 is 27.5 Å². The highest BCUT2D eigenvalue weighted by Gasteiger charge is 2.11. The lowest BCUT2D eigenvalue weighted by Crippen LogP contribution is -2.22. The predicted octanol–water partition coefficient (Wildman–Crippen LogP) is -0.237. The quantitative estimate of drug-likeness (QED) is 0.770. The van der Waals surface area contributed by atoms with Crippen LogP contribution >= 0.6 is 0 Å². The Morgan fingerprint density at radius 2 is 2.06 bits per heavy atom. The van der Waals surface area contributed by atoms with Crippen LogP contribution in [-0.4, -0.2) is 42.4 Å². The monoisotopic (exact) mass is 258 g/mol. The molecule has 0 aliphatic heterocycles. The predicted molar refractivity (Wildman–Crippen MR) is 59.5 cm³/mol. The van der Waals surface area contributed by atoms with Crippen LogP contribution in [0.15, 0.2) is 18.3 Å². The van der Waals surface area contributed by atoms with Crippen LogP contribution in [0, 0.1) is 0 Å². The third kappa shape index (κ3) is 4.60. The number of pyridine rings is 1. The maximum Gasteiger partial charge on any atom is 0.337 e. The molecule has 0 spiro atoms. The number of carboxylic acid groups (broad SMARTS) is 1. The number of hydrogen-bond acceptors (Lipinski definition) is 5. The SMILES string of the molecule is CS(=O)(=O)CC(=O)Nc1ccc(C(=O)O)cn1. The maximum atomic E-state index is 11.2. The summed E-state index contributed by atoms with van der Waals surface area (Å²) in [7, 11) is -3.40. The molecule has 7 nitrogen and oxygen atoms in total. The van der Waals surface area contributed by atoms with E-state index < -0.39 is 27.5 Å². The number of anilines is 1. The minimum absolute atomic E-state index is 0.0221. The molecule has 0 unspecified atom stereocenters. The third-order valence-electron chi connectivity index (χ3n) is 1.67. The molecule has 0 radical (unpaired) electrons. The number of carbonyl (C=O) groups excluding carboxylic acids is 1. The van der Waals surface area contributed by atoms with E-state index in [1.807, 2.05) is 0 Å². The van der Waals surface area contributed by atoms with Gasteiger partial charge in [0.05, 0.1) is 5.56 Å². The first kappa shape index (κ1) is 13.1. The number of hydrogen-bond donors (Lipinski definition) is 2. The highest BCUT2D eigenvalue weighted by atomic mass is 32.2. The number of rotatable bonds is 4. The van der Waals surface area contributed by atoms with E-state index >= 15 is 0 Å². The molecule has 0 saturated heterocycles. The van der Waals surface area contributed by atoms with Crippen LogP contribution in [0.1, 0.15) is 10.4 Å². The van der Waals surface area contributed by atoms with E-state index in [1.54, 1.807) is 0 Å². The summed E-state index contributed by atoms with van der Waals surface area (Å²) >= 11 is 0. The van der Waals surface area contributed by atoms with E-state index in [4.69, 9.17) is 5.11 Å². The topological polar surface area (TPSA) is 113 Å². The summed E-state index contributed by atoms with van der Waals surface area (Å²) in [5.41, 5.74) is -0.0221. The van der Waals surface area contributed by atoms with Gasteiger partial charge in [-0.2, -0.15) is 0 Å². The van der Waals surface area contributed by atoms with Gasteiger partial charge in [-0.05, 0) is 12.1 Å². The summed E-state index contributed by atoms with van der Waals surface area (Å²) in [6, 6.07) is 2.54. The van der Waals surface area contributed by atoms with Crippen LogP contribution in [0.4, 0.5) is 5.82 Å². The lowest BCUT2D eigenvalue weighted by molar-refractivity contribution is -0.113. The summed E-state index contributed by atoms with van der Waals surface area (Å²) in [6.07, 6.45) is 2.01. The van der Waals surface area contributed by atoms with Crippen LogP contribution in [0.25, 0.3) is 0 Å². The zero-order valence-electron chi connectivity index (χ0n) is 8.87. The Bertz CT molecular complexity index is 535. The van der Waals surface area contributed by atoms with Crippen LogP contribution in [0.2, 0.25) is 0 Å². The Kier molecular flexibility index (Phi) is 3.79. The Labute approximate surface area is 97.4 Å². The molecule has 1 aromatic heterocycles. The van der Waals surface area contributed by atoms with Gasteiger partial charge in [0.25, 0.3) is 0 Å². The fourth-order valence-electron chi connectivity index (χ4n) is 1.01. The number of aromatic nitrogens is 1. The maximum absolute atomic E-state index is 11.2. The van der Waals surface area contributed by atoms with E-state index in [0.29, 0.717) is 0 Å².